The summed E-state index contributed by atoms with van der Waals surface area (Å²) in [6.07, 6.45) is 3.71. The van der Waals surface area contributed by atoms with E-state index < -0.39 is 12.6 Å². The first-order valence-corrected chi connectivity index (χ1v) is 10.1. The van der Waals surface area contributed by atoms with Crippen molar-refractivity contribution in [1.29, 1.82) is 0 Å². The summed E-state index contributed by atoms with van der Waals surface area (Å²) >= 11 is 0. The molecule has 0 fully saturated rings. The van der Waals surface area contributed by atoms with Gasteiger partial charge in [-0.05, 0) is 35.4 Å². The molecular weight excluding hydrogens is 418 g/mol. The zero-order valence-corrected chi connectivity index (χ0v) is 18.1. The molecule has 0 aliphatic carbocycles. The lowest BCUT2D eigenvalue weighted by molar-refractivity contribution is -0.0512. The third-order valence-electron chi connectivity index (χ3n) is 4.70. The van der Waals surface area contributed by atoms with Crippen LogP contribution in [-0.2, 0) is 13.1 Å². The van der Waals surface area contributed by atoms with Crippen LogP contribution in [-0.4, -0.2) is 29.3 Å². The molecule has 7 nitrogen and oxygen atoms in total. The molecule has 32 heavy (non-hydrogen) atoms. The van der Waals surface area contributed by atoms with E-state index in [1.54, 1.807) is 18.3 Å². The monoisotopic (exact) mass is 444 g/mol. The molecule has 3 aromatic rings. The largest absolute Gasteiger partial charge is 0.493 e. The number of carbonyl (C=O) groups is 1. The summed E-state index contributed by atoms with van der Waals surface area (Å²) in [5.41, 5.74) is 2.25. The average molecular weight is 444 g/mol. The third-order valence-corrected chi connectivity index (χ3v) is 4.70. The highest BCUT2D eigenvalue weighted by molar-refractivity contribution is 5.89. The van der Waals surface area contributed by atoms with E-state index in [1.807, 2.05) is 24.4 Å². The molecule has 0 aliphatic heterocycles. The Balaban J connectivity index is 1.60. The normalized spacial score (nSPS) is 11.0. The van der Waals surface area contributed by atoms with Crippen LogP contribution >= 0.6 is 0 Å². The molecular formula is C23H26F2N4O3. The Hall–Kier alpha value is -3.62. The minimum absolute atomic E-state index is 0.0878. The predicted molar refractivity (Wildman–Crippen MR) is 117 cm³/mol. The van der Waals surface area contributed by atoms with E-state index in [9.17, 15) is 13.6 Å². The molecule has 2 amide bonds. The Kier molecular flexibility index (Phi) is 7.64. The highest BCUT2D eigenvalue weighted by Crippen LogP contribution is 2.29. The Bertz CT molecular complexity index is 1050. The van der Waals surface area contributed by atoms with Gasteiger partial charge < -0.3 is 24.7 Å². The molecule has 0 spiro atoms. The zero-order chi connectivity index (χ0) is 23.1. The molecule has 0 saturated carbocycles. The number of benzene rings is 2. The van der Waals surface area contributed by atoms with Crippen LogP contribution in [0, 0.1) is 0 Å². The Morgan fingerprint density at radius 3 is 2.66 bits per heavy atom. The Morgan fingerprint density at radius 2 is 1.94 bits per heavy atom. The van der Waals surface area contributed by atoms with Crippen molar-refractivity contribution in [3.63, 3.8) is 0 Å². The molecule has 0 bridgehead atoms. The Morgan fingerprint density at radius 1 is 1.12 bits per heavy atom. The number of nitrogens with zero attached hydrogens (tertiary/aromatic N) is 2. The summed E-state index contributed by atoms with van der Waals surface area (Å²) in [6.45, 7) is 1.98. The number of ether oxygens (including phenoxy) is 2. The SMILES string of the molecule is COc1ccc(CNC(=O)Nc2cccc(Cn3ccnc3C(C)C)c2)cc1OC(F)F. The van der Waals surface area contributed by atoms with E-state index in [2.05, 4.69) is 38.8 Å². The lowest BCUT2D eigenvalue weighted by atomic mass is 10.1. The van der Waals surface area contributed by atoms with Gasteiger partial charge in [-0.15, -0.1) is 0 Å². The predicted octanol–water partition coefficient (Wildman–Crippen LogP) is 4.99. The molecule has 3 rings (SSSR count). The van der Waals surface area contributed by atoms with Crippen LogP contribution in [0.15, 0.2) is 54.9 Å². The van der Waals surface area contributed by atoms with Crippen molar-refractivity contribution in [1.82, 2.24) is 14.9 Å². The maximum absolute atomic E-state index is 12.6. The van der Waals surface area contributed by atoms with Gasteiger partial charge in [0.2, 0.25) is 0 Å². The van der Waals surface area contributed by atoms with Gasteiger partial charge in [-0.3, -0.25) is 0 Å². The van der Waals surface area contributed by atoms with Crippen LogP contribution in [0.1, 0.15) is 36.7 Å². The molecule has 0 unspecified atom stereocenters. The fourth-order valence-electron chi connectivity index (χ4n) is 3.28. The number of urea groups is 1. The van der Waals surface area contributed by atoms with Gasteiger partial charge in [0.15, 0.2) is 11.5 Å². The number of amides is 2. The second kappa shape index (κ2) is 10.6. The number of carbonyl (C=O) groups excluding carboxylic acids is 1. The topological polar surface area (TPSA) is 77.4 Å². The molecule has 0 radical (unpaired) electrons. The van der Waals surface area contributed by atoms with Gasteiger partial charge in [0.1, 0.15) is 5.82 Å². The van der Waals surface area contributed by atoms with Crippen LogP contribution < -0.4 is 20.1 Å². The number of imidazole rings is 1. The van der Waals surface area contributed by atoms with Crippen molar-refractivity contribution in [3.05, 3.63) is 71.8 Å². The van der Waals surface area contributed by atoms with E-state index in [0.29, 0.717) is 23.7 Å². The van der Waals surface area contributed by atoms with Crippen LogP contribution in [0.5, 0.6) is 11.5 Å². The number of anilines is 1. The van der Waals surface area contributed by atoms with E-state index in [0.717, 1.165) is 11.4 Å². The van der Waals surface area contributed by atoms with Gasteiger partial charge in [0.25, 0.3) is 0 Å². The van der Waals surface area contributed by atoms with Crippen LogP contribution in [0.25, 0.3) is 0 Å². The van der Waals surface area contributed by atoms with Crippen molar-refractivity contribution < 1.29 is 23.0 Å². The van der Waals surface area contributed by atoms with Crippen molar-refractivity contribution in [2.24, 2.45) is 0 Å². The summed E-state index contributed by atoms with van der Waals surface area (Å²) in [6, 6.07) is 11.7. The van der Waals surface area contributed by atoms with E-state index in [1.165, 1.54) is 19.2 Å². The number of hydrogen-bond acceptors (Lipinski definition) is 4. The van der Waals surface area contributed by atoms with Gasteiger partial charge in [-0.2, -0.15) is 8.78 Å². The van der Waals surface area contributed by atoms with Crippen molar-refractivity contribution in [3.8, 4) is 11.5 Å². The molecule has 9 heteroatoms. The van der Waals surface area contributed by atoms with E-state index >= 15 is 0 Å². The first kappa shape index (κ1) is 23.1. The van der Waals surface area contributed by atoms with Crippen molar-refractivity contribution in [2.75, 3.05) is 12.4 Å². The molecule has 0 atom stereocenters. The van der Waals surface area contributed by atoms with Crippen molar-refractivity contribution >= 4 is 11.7 Å². The zero-order valence-electron chi connectivity index (χ0n) is 18.1. The first-order chi connectivity index (χ1) is 15.4. The fraction of sp³-hybridized carbons (Fsp3) is 0.304. The van der Waals surface area contributed by atoms with Crippen LogP contribution in [0.2, 0.25) is 0 Å². The molecule has 0 aliphatic rings. The second-order valence-corrected chi connectivity index (χ2v) is 7.44. The standard InChI is InChI=1S/C23H26F2N4O3/c1-15(2)21-26-9-10-29(21)14-17-5-4-6-18(11-17)28-23(30)27-13-16-7-8-19(31-3)20(12-16)32-22(24)25/h4-12,15,22H,13-14H2,1-3H3,(H2,27,28,30). The lowest BCUT2D eigenvalue weighted by Gasteiger charge is -2.13. The number of alkyl halides is 2. The summed E-state index contributed by atoms with van der Waals surface area (Å²) in [4.78, 5) is 16.7. The summed E-state index contributed by atoms with van der Waals surface area (Å²) in [5.74, 6) is 1.40. The number of aromatic nitrogens is 2. The van der Waals surface area contributed by atoms with Gasteiger partial charge in [0.05, 0.1) is 7.11 Å². The molecule has 2 N–H and O–H groups in total. The number of hydrogen-bond donors (Lipinski definition) is 2. The highest BCUT2D eigenvalue weighted by Gasteiger charge is 2.12. The Labute approximate surface area is 185 Å². The van der Waals surface area contributed by atoms with E-state index in [-0.39, 0.29) is 18.0 Å². The van der Waals surface area contributed by atoms with Gasteiger partial charge in [0, 0.05) is 37.1 Å². The van der Waals surface area contributed by atoms with Gasteiger partial charge in [-0.25, -0.2) is 9.78 Å². The molecule has 2 aromatic carbocycles. The number of nitrogens with one attached hydrogen (secondary N) is 2. The first-order valence-electron chi connectivity index (χ1n) is 10.1. The maximum atomic E-state index is 12.6. The van der Waals surface area contributed by atoms with Crippen LogP contribution in [0.4, 0.5) is 19.3 Å². The number of rotatable bonds is 9. The minimum Gasteiger partial charge on any atom is -0.493 e. The molecule has 1 heterocycles. The smallest absolute Gasteiger partial charge is 0.387 e. The quantitative estimate of drug-likeness (QED) is 0.488. The number of halogens is 2. The van der Waals surface area contributed by atoms with Gasteiger partial charge >= 0.3 is 12.6 Å². The molecule has 170 valence electrons. The second-order valence-electron chi connectivity index (χ2n) is 7.44. The number of methoxy groups -OCH3 is 1. The third kappa shape index (κ3) is 6.19. The average Bonchev–Trinajstić information content (AvgIpc) is 3.21. The summed E-state index contributed by atoms with van der Waals surface area (Å²) < 4.78 is 36.7. The van der Waals surface area contributed by atoms with Crippen LogP contribution in [0.3, 0.4) is 0 Å². The van der Waals surface area contributed by atoms with Crippen molar-refractivity contribution in [2.45, 2.75) is 39.5 Å². The highest BCUT2D eigenvalue weighted by atomic mass is 19.3. The molecule has 1 aromatic heterocycles. The van der Waals surface area contributed by atoms with Gasteiger partial charge in [-0.1, -0.05) is 32.0 Å². The molecule has 0 saturated heterocycles. The summed E-state index contributed by atoms with van der Waals surface area (Å²) in [7, 11) is 1.36. The lowest BCUT2D eigenvalue weighted by Crippen LogP contribution is -2.28. The maximum Gasteiger partial charge on any atom is 0.387 e. The summed E-state index contributed by atoms with van der Waals surface area (Å²) in [5, 5.41) is 5.49. The van der Waals surface area contributed by atoms with E-state index in [4.69, 9.17) is 4.74 Å². The minimum atomic E-state index is -2.97. The fourth-order valence-corrected chi connectivity index (χ4v) is 3.28.